The number of amides is 2. The van der Waals surface area contributed by atoms with Crippen LogP contribution in [0.15, 0.2) is 24.3 Å². The summed E-state index contributed by atoms with van der Waals surface area (Å²) in [7, 11) is 1.60. The van der Waals surface area contributed by atoms with Gasteiger partial charge in [0.2, 0.25) is 11.8 Å². The number of rotatable bonds is 9. The van der Waals surface area contributed by atoms with E-state index in [4.69, 9.17) is 4.74 Å². The van der Waals surface area contributed by atoms with Crippen molar-refractivity contribution in [2.45, 2.75) is 19.5 Å². The van der Waals surface area contributed by atoms with E-state index in [1.807, 2.05) is 6.92 Å². The molecule has 2 amide bonds. The molecule has 1 aliphatic rings. The molecule has 0 spiro atoms. The summed E-state index contributed by atoms with van der Waals surface area (Å²) in [5.41, 5.74) is 0.862. The molecule has 1 unspecified atom stereocenters. The molecule has 0 radical (unpaired) electrons. The predicted molar refractivity (Wildman–Crippen MR) is 101 cm³/mol. The van der Waals surface area contributed by atoms with Crippen molar-refractivity contribution >= 4 is 11.8 Å². The fraction of sp³-hybridized carbons (Fsp3) is 0.579. The zero-order valence-electron chi connectivity index (χ0n) is 16.0. The molecule has 1 heterocycles. The zero-order valence-corrected chi connectivity index (χ0v) is 16.0. The molecule has 1 aromatic rings. The summed E-state index contributed by atoms with van der Waals surface area (Å²) in [6.45, 7) is 6.60. The molecule has 1 aliphatic heterocycles. The van der Waals surface area contributed by atoms with Crippen molar-refractivity contribution in [3.05, 3.63) is 35.6 Å². The van der Waals surface area contributed by atoms with Gasteiger partial charge in [0.1, 0.15) is 5.82 Å². The van der Waals surface area contributed by atoms with Crippen LogP contribution >= 0.6 is 0 Å². The van der Waals surface area contributed by atoms with Crippen molar-refractivity contribution in [2.75, 3.05) is 53.0 Å². The number of hydrogen-bond donors (Lipinski definition) is 2. The average molecular weight is 380 g/mol. The maximum absolute atomic E-state index is 12.9. The SMILES string of the molecule is COCCNC(=O)CN1CCN(C(C)C(=O)NCc2ccc(F)cc2)CC1. The van der Waals surface area contributed by atoms with Gasteiger partial charge >= 0.3 is 0 Å². The minimum Gasteiger partial charge on any atom is -0.383 e. The quantitative estimate of drug-likeness (QED) is 0.599. The van der Waals surface area contributed by atoms with Crippen LogP contribution in [0, 0.1) is 5.82 Å². The number of halogens is 1. The summed E-state index contributed by atoms with van der Waals surface area (Å²) in [5.74, 6) is -0.348. The number of carbonyl (C=O) groups excluding carboxylic acids is 2. The molecule has 0 saturated carbocycles. The van der Waals surface area contributed by atoms with Gasteiger partial charge < -0.3 is 15.4 Å². The van der Waals surface area contributed by atoms with Gasteiger partial charge in [-0.1, -0.05) is 12.1 Å². The van der Waals surface area contributed by atoms with Crippen LogP contribution in [0.5, 0.6) is 0 Å². The molecule has 1 aromatic carbocycles. The van der Waals surface area contributed by atoms with E-state index < -0.39 is 0 Å². The van der Waals surface area contributed by atoms with E-state index in [-0.39, 0.29) is 23.7 Å². The van der Waals surface area contributed by atoms with Crippen LogP contribution in [0.4, 0.5) is 4.39 Å². The average Bonchev–Trinajstić information content (AvgIpc) is 2.67. The van der Waals surface area contributed by atoms with Crippen LogP contribution in [0.2, 0.25) is 0 Å². The van der Waals surface area contributed by atoms with E-state index in [2.05, 4.69) is 20.4 Å². The molecule has 150 valence electrons. The maximum atomic E-state index is 12.9. The third kappa shape index (κ3) is 7.24. The highest BCUT2D eigenvalue weighted by Gasteiger charge is 2.26. The molecule has 0 aliphatic carbocycles. The van der Waals surface area contributed by atoms with Crippen molar-refractivity contribution in [1.29, 1.82) is 0 Å². The lowest BCUT2D eigenvalue weighted by Crippen LogP contribution is -2.55. The minimum absolute atomic E-state index is 0.00871. The Morgan fingerprint density at radius 3 is 2.44 bits per heavy atom. The first-order valence-electron chi connectivity index (χ1n) is 9.24. The Hall–Kier alpha value is -2.03. The molecular weight excluding hydrogens is 351 g/mol. The maximum Gasteiger partial charge on any atom is 0.237 e. The third-order valence-corrected chi connectivity index (χ3v) is 4.71. The van der Waals surface area contributed by atoms with Crippen LogP contribution in [0.25, 0.3) is 0 Å². The Morgan fingerprint density at radius 1 is 1.15 bits per heavy atom. The molecule has 2 N–H and O–H groups in total. The van der Waals surface area contributed by atoms with Gasteiger partial charge in [-0.15, -0.1) is 0 Å². The number of methoxy groups -OCH3 is 1. The molecule has 2 rings (SSSR count). The number of nitrogens with one attached hydrogen (secondary N) is 2. The lowest BCUT2D eigenvalue weighted by atomic mass is 10.2. The largest absolute Gasteiger partial charge is 0.383 e. The smallest absolute Gasteiger partial charge is 0.237 e. The number of carbonyl (C=O) groups is 2. The van der Waals surface area contributed by atoms with Crippen LogP contribution in [0.3, 0.4) is 0 Å². The third-order valence-electron chi connectivity index (χ3n) is 4.71. The normalized spacial score (nSPS) is 16.7. The number of ether oxygens (including phenoxy) is 1. The Morgan fingerprint density at radius 2 is 1.81 bits per heavy atom. The van der Waals surface area contributed by atoms with Crippen molar-refractivity contribution < 1.29 is 18.7 Å². The van der Waals surface area contributed by atoms with E-state index in [1.54, 1.807) is 19.2 Å². The lowest BCUT2D eigenvalue weighted by Gasteiger charge is -2.37. The van der Waals surface area contributed by atoms with Gasteiger partial charge in [-0.05, 0) is 24.6 Å². The first-order valence-corrected chi connectivity index (χ1v) is 9.24. The Kier molecular flexibility index (Phi) is 8.63. The second kappa shape index (κ2) is 11.0. The first kappa shape index (κ1) is 21.3. The molecule has 27 heavy (non-hydrogen) atoms. The van der Waals surface area contributed by atoms with Crippen LogP contribution in [0.1, 0.15) is 12.5 Å². The van der Waals surface area contributed by atoms with Crippen molar-refractivity contribution in [3.8, 4) is 0 Å². The van der Waals surface area contributed by atoms with Gasteiger partial charge in [0, 0.05) is 46.4 Å². The number of hydrogen-bond acceptors (Lipinski definition) is 5. The fourth-order valence-corrected chi connectivity index (χ4v) is 2.97. The topological polar surface area (TPSA) is 73.9 Å². The zero-order chi connectivity index (χ0) is 19.6. The van der Waals surface area contributed by atoms with Crippen molar-refractivity contribution in [2.24, 2.45) is 0 Å². The summed E-state index contributed by atoms with van der Waals surface area (Å²) in [5, 5.41) is 5.71. The summed E-state index contributed by atoms with van der Waals surface area (Å²) in [6.07, 6.45) is 0. The van der Waals surface area contributed by atoms with Crippen molar-refractivity contribution in [1.82, 2.24) is 20.4 Å². The highest BCUT2D eigenvalue weighted by atomic mass is 19.1. The number of piperazine rings is 1. The van der Waals surface area contributed by atoms with E-state index in [1.165, 1.54) is 12.1 Å². The molecule has 1 atom stereocenters. The summed E-state index contributed by atoms with van der Waals surface area (Å²) < 4.78 is 17.8. The first-order chi connectivity index (χ1) is 13.0. The van der Waals surface area contributed by atoms with Gasteiger partial charge in [-0.25, -0.2) is 4.39 Å². The van der Waals surface area contributed by atoms with Crippen molar-refractivity contribution in [3.63, 3.8) is 0 Å². The molecule has 1 fully saturated rings. The highest BCUT2D eigenvalue weighted by Crippen LogP contribution is 2.07. The summed E-state index contributed by atoms with van der Waals surface area (Å²) >= 11 is 0. The van der Waals surface area contributed by atoms with Gasteiger partial charge in [-0.3, -0.25) is 19.4 Å². The van der Waals surface area contributed by atoms with E-state index >= 15 is 0 Å². The van der Waals surface area contributed by atoms with Crippen LogP contribution < -0.4 is 10.6 Å². The van der Waals surface area contributed by atoms with E-state index in [0.29, 0.717) is 26.2 Å². The number of nitrogens with zero attached hydrogens (tertiary/aromatic N) is 2. The second-order valence-corrected chi connectivity index (χ2v) is 6.68. The number of benzene rings is 1. The Labute approximate surface area is 159 Å². The highest BCUT2D eigenvalue weighted by molar-refractivity contribution is 5.81. The predicted octanol–water partition coefficient (Wildman–Crippen LogP) is 0.211. The Bertz CT molecular complexity index is 603. The minimum atomic E-state index is -0.288. The van der Waals surface area contributed by atoms with Crippen LogP contribution in [-0.4, -0.2) is 80.6 Å². The summed E-state index contributed by atoms with van der Waals surface area (Å²) in [4.78, 5) is 28.4. The molecule has 0 aromatic heterocycles. The molecule has 1 saturated heterocycles. The van der Waals surface area contributed by atoms with E-state index in [0.717, 1.165) is 31.7 Å². The lowest BCUT2D eigenvalue weighted by molar-refractivity contribution is -0.128. The molecule has 7 nitrogen and oxygen atoms in total. The Balaban J connectivity index is 1.68. The molecule has 8 heteroatoms. The second-order valence-electron chi connectivity index (χ2n) is 6.68. The molecule has 0 bridgehead atoms. The van der Waals surface area contributed by atoms with Gasteiger partial charge in [0.15, 0.2) is 0 Å². The fourth-order valence-electron chi connectivity index (χ4n) is 2.97. The van der Waals surface area contributed by atoms with Gasteiger partial charge in [0.05, 0.1) is 19.2 Å². The van der Waals surface area contributed by atoms with Gasteiger partial charge in [0.25, 0.3) is 0 Å². The summed E-state index contributed by atoms with van der Waals surface area (Å²) in [6, 6.07) is 5.85. The molecular formula is C19H29FN4O3. The van der Waals surface area contributed by atoms with E-state index in [9.17, 15) is 14.0 Å². The monoisotopic (exact) mass is 380 g/mol. The van der Waals surface area contributed by atoms with Gasteiger partial charge in [-0.2, -0.15) is 0 Å². The van der Waals surface area contributed by atoms with Crippen LogP contribution in [-0.2, 0) is 20.9 Å². The standard InChI is InChI=1S/C19H29FN4O3/c1-15(19(26)22-13-16-3-5-17(20)6-4-16)24-10-8-23(9-11-24)14-18(25)21-7-12-27-2/h3-6,15H,7-14H2,1-2H3,(H,21,25)(H,22,26).